The van der Waals surface area contributed by atoms with Crippen molar-refractivity contribution in [3.05, 3.63) is 0 Å². The number of phosphoric acid groups is 5. The third-order valence-electron chi connectivity index (χ3n) is 0.813. The molecule has 3 atom stereocenters. The van der Waals surface area contributed by atoms with E-state index in [4.69, 9.17) is 14.7 Å². The maximum Gasteiger partial charge on any atom is 1.00 e. The van der Waals surface area contributed by atoms with Gasteiger partial charge in [0.15, 0.2) is 0 Å². The van der Waals surface area contributed by atoms with Crippen LogP contribution in [0.5, 0.6) is 0 Å². The van der Waals surface area contributed by atoms with Crippen LogP contribution in [0.2, 0.25) is 0 Å². The molecule has 0 heterocycles. The van der Waals surface area contributed by atoms with Gasteiger partial charge in [0.25, 0.3) is 15.6 Å². The molecule has 0 rings (SSSR count). The maximum atomic E-state index is 10.8. The third kappa shape index (κ3) is 23.2. The van der Waals surface area contributed by atoms with Crippen molar-refractivity contribution in [2.75, 3.05) is 0 Å². The summed E-state index contributed by atoms with van der Waals surface area (Å²) in [6.07, 6.45) is 0. The molecule has 0 aliphatic rings. The Balaban J connectivity index is -0.000000333. The minimum absolute atomic E-state index is 0. The van der Waals surface area contributed by atoms with Gasteiger partial charge < -0.3 is 38.8 Å². The monoisotopic (exact) mass is 442 g/mol. The van der Waals surface area contributed by atoms with Crippen molar-refractivity contribution in [2.45, 2.75) is 0 Å². The summed E-state index contributed by atoms with van der Waals surface area (Å²) in [5.74, 6) is 0. The topological polar surface area (TPSA) is 275 Å². The molecule has 0 aromatic carbocycles. The molecule has 0 aromatic rings. The van der Waals surface area contributed by atoms with E-state index in [-0.39, 0.29) is 75.4 Å². The molecule has 0 fully saturated rings. The summed E-state index contributed by atoms with van der Waals surface area (Å²) in [4.78, 5) is 66.1. The summed E-state index contributed by atoms with van der Waals surface area (Å²) in [6, 6.07) is 0. The first-order valence-electron chi connectivity index (χ1n) is 3.70. The molecular formula is H3Li4O16P5. The molecule has 3 N–H and O–H groups in total. The third-order valence-corrected chi connectivity index (χ3v) is 7.31. The predicted molar refractivity (Wildman–Crippen MR) is 49.0 cm³/mol. The van der Waals surface area contributed by atoms with Gasteiger partial charge in [-0.1, -0.05) is 0 Å². The molecule has 0 saturated carbocycles. The number of rotatable bonds is 8. The number of hydrogen-bond donors (Lipinski definition) is 3. The van der Waals surface area contributed by atoms with Gasteiger partial charge in [-0.25, -0.2) is 17.8 Å². The summed E-state index contributed by atoms with van der Waals surface area (Å²) >= 11 is 0. The van der Waals surface area contributed by atoms with E-state index in [1.165, 1.54) is 0 Å². The SMILES string of the molecule is O=P([O-])([O-])OP(=O)([O-])OP(=O)([O-])OP(=O)(O)OP(=O)(O)O.[Li+].[Li+].[Li+].[Li+]. The predicted octanol–water partition coefficient (Wildman–Crippen LogP) is -15.0. The molecule has 3 unspecified atom stereocenters. The maximum absolute atomic E-state index is 10.8. The molecule has 0 bridgehead atoms. The van der Waals surface area contributed by atoms with Gasteiger partial charge in [-0.15, -0.1) is 0 Å². The molecule has 0 aliphatic heterocycles. The minimum Gasteiger partial charge on any atom is -0.790 e. The number of hydrogen-bond acceptors (Lipinski definition) is 13. The summed E-state index contributed by atoms with van der Waals surface area (Å²) in [6.45, 7) is 0. The van der Waals surface area contributed by atoms with Crippen LogP contribution in [0.25, 0.3) is 0 Å². The zero-order chi connectivity index (χ0) is 17.3. The Morgan fingerprint density at radius 3 is 1.16 bits per heavy atom. The van der Waals surface area contributed by atoms with Gasteiger partial charge >= 0.3 is 91.1 Å². The van der Waals surface area contributed by atoms with E-state index in [1.807, 2.05) is 0 Å². The zero-order valence-electron chi connectivity index (χ0n) is 12.9. The summed E-state index contributed by atoms with van der Waals surface area (Å²) < 4.78 is 63.8. The van der Waals surface area contributed by atoms with Crippen LogP contribution >= 0.6 is 39.1 Å². The fourth-order valence-corrected chi connectivity index (χ4v) is 5.76. The molecule has 0 saturated heterocycles. The van der Waals surface area contributed by atoms with Crippen LogP contribution in [0.1, 0.15) is 0 Å². The van der Waals surface area contributed by atoms with Gasteiger partial charge in [0.1, 0.15) is 0 Å². The van der Waals surface area contributed by atoms with Crippen molar-refractivity contribution in [1.29, 1.82) is 0 Å². The molecular weight excluding hydrogens is 439 g/mol. The quantitative estimate of drug-likeness (QED) is 0.232. The van der Waals surface area contributed by atoms with Crippen LogP contribution in [0.3, 0.4) is 0 Å². The second kappa shape index (κ2) is 13.4. The van der Waals surface area contributed by atoms with Gasteiger partial charge in [-0.05, 0) is 0 Å². The van der Waals surface area contributed by atoms with Crippen molar-refractivity contribution in [3.8, 4) is 0 Å². The van der Waals surface area contributed by atoms with Crippen LogP contribution in [0.4, 0.5) is 0 Å². The Morgan fingerprint density at radius 1 is 0.560 bits per heavy atom. The smallest absolute Gasteiger partial charge is 0.790 e. The Labute approximate surface area is 187 Å². The standard InChI is InChI=1S/4Li.H7O16P5/c;;;;1-17(2,3)13-19(7,8)15-21(11,12)16-20(9,10)14-18(4,5)6/h;;;;(H,7,8)(H,9,10)(H,11,12)(H2,1,2,3)(H2,4,5,6)/q4*+1;/p-4. The first-order valence-corrected chi connectivity index (χ1v) is 11.1. The summed E-state index contributed by atoms with van der Waals surface area (Å²) in [5, 5.41) is 0. The van der Waals surface area contributed by atoms with Crippen molar-refractivity contribution >= 4 is 39.1 Å². The molecule has 0 spiro atoms. The minimum atomic E-state index is -6.44. The van der Waals surface area contributed by atoms with Crippen LogP contribution in [-0.2, 0) is 40.1 Å². The Hall–Kier alpha value is 3.10. The van der Waals surface area contributed by atoms with E-state index in [1.54, 1.807) is 0 Å². The van der Waals surface area contributed by atoms with E-state index in [9.17, 15) is 42.4 Å². The van der Waals surface area contributed by atoms with E-state index in [2.05, 4.69) is 17.2 Å². The molecule has 0 aromatic heterocycles. The Bertz CT molecular complexity index is 562. The first-order chi connectivity index (χ1) is 8.83. The van der Waals surface area contributed by atoms with Crippen molar-refractivity contribution in [3.63, 3.8) is 0 Å². The van der Waals surface area contributed by atoms with Gasteiger partial charge in [0, 0.05) is 0 Å². The van der Waals surface area contributed by atoms with Gasteiger partial charge in [0.05, 0.1) is 7.82 Å². The fourth-order valence-electron chi connectivity index (χ4n) is 0.550. The normalized spacial score (nSPS) is 18.5. The van der Waals surface area contributed by atoms with Crippen LogP contribution in [-0.4, -0.2) is 14.7 Å². The molecule has 25 heteroatoms. The average molecular weight is 442 g/mol. The van der Waals surface area contributed by atoms with Crippen LogP contribution < -0.4 is 95.0 Å². The van der Waals surface area contributed by atoms with Gasteiger partial charge in [-0.2, -0.15) is 4.31 Å². The van der Waals surface area contributed by atoms with E-state index in [0.29, 0.717) is 0 Å². The molecule has 25 heavy (non-hydrogen) atoms. The largest absolute Gasteiger partial charge is 1.00 e. The van der Waals surface area contributed by atoms with Crippen molar-refractivity contribution in [2.24, 2.45) is 0 Å². The summed E-state index contributed by atoms with van der Waals surface area (Å²) in [7, 11) is -30.9. The molecule has 0 radical (unpaired) electrons. The van der Waals surface area contributed by atoms with E-state index in [0.717, 1.165) is 0 Å². The molecule has 128 valence electrons. The average Bonchev–Trinajstić information content (AvgIpc) is 1.83. The molecule has 0 amide bonds. The second-order valence-corrected chi connectivity index (χ2v) is 9.84. The molecule has 0 aliphatic carbocycles. The van der Waals surface area contributed by atoms with Crippen molar-refractivity contribution in [1.82, 2.24) is 0 Å². The summed E-state index contributed by atoms with van der Waals surface area (Å²) in [5.41, 5.74) is 0. The van der Waals surface area contributed by atoms with Crippen LogP contribution in [0, 0.1) is 0 Å². The van der Waals surface area contributed by atoms with Crippen LogP contribution in [0.15, 0.2) is 0 Å². The zero-order valence-corrected chi connectivity index (χ0v) is 17.4. The Kier molecular flexibility index (Phi) is 20.7. The van der Waals surface area contributed by atoms with Gasteiger partial charge in [-0.3, -0.25) is 13.4 Å². The second-order valence-electron chi connectivity index (χ2n) is 2.63. The van der Waals surface area contributed by atoms with Gasteiger partial charge in [0.2, 0.25) is 0 Å². The first kappa shape index (κ1) is 38.7. The van der Waals surface area contributed by atoms with E-state index >= 15 is 0 Å². The van der Waals surface area contributed by atoms with Crippen molar-refractivity contribution < 1.29 is 150 Å². The fraction of sp³-hybridized carbons (Fsp3) is 0. The Morgan fingerprint density at radius 2 is 0.880 bits per heavy atom. The molecule has 16 nitrogen and oxygen atoms in total. The van der Waals surface area contributed by atoms with E-state index < -0.39 is 39.1 Å².